The summed E-state index contributed by atoms with van der Waals surface area (Å²) in [6.45, 7) is 5.15. The zero-order valence-corrected chi connectivity index (χ0v) is 8.53. The van der Waals surface area contributed by atoms with Crippen molar-refractivity contribution in [3.05, 3.63) is 5.82 Å². The molecule has 0 aromatic carbocycles. The third-order valence-corrected chi connectivity index (χ3v) is 2.16. The van der Waals surface area contributed by atoms with E-state index < -0.39 is 0 Å². The highest BCUT2D eigenvalue weighted by atomic mass is 15.5. The minimum Gasteiger partial charge on any atom is -0.230 e. The molecule has 1 rings (SSSR count). The van der Waals surface area contributed by atoms with Crippen LogP contribution in [0.1, 0.15) is 45.4 Å². The number of rotatable bonds is 6. The van der Waals surface area contributed by atoms with Crippen molar-refractivity contribution in [1.29, 1.82) is 0 Å². The fraction of sp³-hybridized carbons (Fsp3) is 0.889. The number of unbranched alkanes of at least 4 members (excludes halogenated alkanes) is 3. The molecule has 1 heterocycles. The normalized spacial score (nSPS) is 10.6. The Bertz CT molecular complexity index is 231. The van der Waals surface area contributed by atoms with Gasteiger partial charge >= 0.3 is 0 Å². The van der Waals surface area contributed by atoms with E-state index >= 15 is 0 Å². The van der Waals surface area contributed by atoms with Crippen LogP contribution in [0.3, 0.4) is 0 Å². The van der Waals surface area contributed by atoms with Crippen LogP contribution < -0.4 is 0 Å². The summed E-state index contributed by atoms with van der Waals surface area (Å²) in [5.74, 6) is 1.03. The standard InChI is InChI=1S/C9H18N4/c1-3-5-6-7-8-9-10-11-12-13(9)4-2/h3-8H2,1-2H3. The first-order valence-electron chi connectivity index (χ1n) is 5.13. The minimum absolute atomic E-state index is 0.871. The average Bonchev–Trinajstić information content (AvgIpc) is 2.60. The van der Waals surface area contributed by atoms with Crippen LogP contribution in [0.5, 0.6) is 0 Å². The van der Waals surface area contributed by atoms with Crippen molar-refractivity contribution in [1.82, 2.24) is 20.2 Å². The molecule has 1 aromatic heterocycles. The van der Waals surface area contributed by atoms with E-state index in [1.54, 1.807) is 0 Å². The Morgan fingerprint density at radius 1 is 1.15 bits per heavy atom. The fourth-order valence-corrected chi connectivity index (χ4v) is 1.36. The van der Waals surface area contributed by atoms with Gasteiger partial charge in [-0.05, 0) is 23.8 Å². The SMILES string of the molecule is CCCCCCc1nnnn1CC. The van der Waals surface area contributed by atoms with Crippen molar-refractivity contribution < 1.29 is 0 Å². The van der Waals surface area contributed by atoms with Crippen molar-refractivity contribution in [2.24, 2.45) is 0 Å². The van der Waals surface area contributed by atoms with E-state index in [1.165, 1.54) is 25.7 Å². The summed E-state index contributed by atoms with van der Waals surface area (Å²) in [5, 5.41) is 11.5. The molecule has 0 fully saturated rings. The number of aromatic nitrogens is 4. The predicted molar refractivity (Wildman–Crippen MR) is 51.3 cm³/mol. The first kappa shape index (κ1) is 10.2. The highest BCUT2D eigenvalue weighted by Gasteiger charge is 2.02. The molecule has 0 spiro atoms. The molecular weight excluding hydrogens is 164 g/mol. The van der Waals surface area contributed by atoms with Gasteiger partial charge in [-0.2, -0.15) is 0 Å². The second-order valence-corrected chi connectivity index (χ2v) is 3.22. The molecule has 1 aromatic rings. The van der Waals surface area contributed by atoms with Gasteiger partial charge in [0, 0.05) is 13.0 Å². The van der Waals surface area contributed by atoms with Crippen LogP contribution in [0, 0.1) is 0 Å². The van der Waals surface area contributed by atoms with Crippen LogP contribution in [-0.4, -0.2) is 20.2 Å². The first-order valence-corrected chi connectivity index (χ1v) is 5.13. The van der Waals surface area contributed by atoms with E-state index in [1.807, 2.05) is 4.68 Å². The van der Waals surface area contributed by atoms with Crippen molar-refractivity contribution in [2.75, 3.05) is 0 Å². The number of aryl methyl sites for hydroxylation is 2. The highest BCUT2D eigenvalue weighted by Crippen LogP contribution is 2.04. The summed E-state index contributed by atoms with van der Waals surface area (Å²) < 4.78 is 1.87. The Balaban J connectivity index is 2.27. The molecule has 0 aliphatic carbocycles. The molecular formula is C9H18N4. The Kier molecular flexibility index (Phi) is 4.43. The Labute approximate surface area is 79.3 Å². The summed E-state index contributed by atoms with van der Waals surface area (Å²) in [6, 6.07) is 0. The van der Waals surface area contributed by atoms with Crippen molar-refractivity contribution >= 4 is 0 Å². The maximum atomic E-state index is 3.99. The lowest BCUT2D eigenvalue weighted by atomic mass is 10.1. The molecule has 0 amide bonds. The maximum Gasteiger partial charge on any atom is 0.151 e. The fourth-order valence-electron chi connectivity index (χ4n) is 1.36. The molecule has 13 heavy (non-hydrogen) atoms. The van der Waals surface area contributed by atoms with E-state index in [2.05, 4.69) is 29.4 Å². The molecule has 0 aliphatic rings. The molecule has 0 aliphatic heterocycles. The van der Waals surface area contributed by atoms with Gasteiger partial charge in [0.1, 0.15) is 0 Å². The van der Waals surface area contributed by atoms with Crippen molar-refractivity contribution in [2.45, 2.75) is 52.5 Å². The van der Waals surface area contributed by atoms with Gasteiger partial charge in [-0.1, -0.05) is 26.2 Å². The predicted octanol–water partition coefficient (Wildman–Crippen LogP) is 1.82. The molecule has 0 unspecified atom stereocenters. The second-order valence-electron chi connectivity index (χ2n) is 3.22. The number of nitrogens with zero attached hydrogens (tertiary/aromatic N) is 4. The summed E-state index contributed by atoms with van der Waals surface area (Å²) in [4.78, 5) is 0. The lowest BCUT2D eigenvalue weighted by Crippen LogP contribution is -2.03. The molecule has 0 N–H and O–H groups in total. The van der Waals surface area contributed by atoms with Crippen LogP contribution >= 0.6 is 0 Å². The van der Waals surface area contributed by atoms with Crippen LogP contribution in [0.15, 0.2) is 0 Å². The Morgan fingerprint density at radius 3 is 2.69 bits per heavy atom. The van der Waals surface area contributed by atoms with E-state index in [0.717, 1.165) is 18.8 Å². The number of hydrogen-bond acceptors (Lipinski definition) is 3. The number of hydrogen-bond donors (Lipinski definition) is 0. The lowest BCUT2D eigenvalue weighted by Gasteiger charge is -2.00. The van der Waals surface area contributed by atoms with E-state index in [4.69, 9.17) is 0 Å². The topological polar surface area (TPSA) is 43.6 Å². The van der Waals surface area contributed by atoms with Crippen molar-refractivity contribution in [3.8, 4) is 0 Å². The first-order chi connectivity index (χ1) is 6.38. The van der Waals surface area contributed by atoms with Crippen LogP contribution in [-0.2, 0) is 13.0 Å². The van der Waals surface area contributed by atoms with Crippen LogP contribution in [0.4, 0.5) is 0 Å². The highest BCUT2D eigenvalue weighted by molar-refractivity contribution is 4.79. The average molecular weight is 182 g/mol. The molecule has 74 valence electrons. The lowest BCUT2D eigenvalue weighted by molar-refractivity contribution is 0.575. The summed E-state index contributed by atoms with van der Waals surface area (Å²) in [6.07, 6.45) is 6.09. The summed E-state index contributed by atoms with van der Waals surface area (Å²) in [7, 11) is 0. The molecule has 0 saturated carbocycles. The zero-order chi connectivity index (χ0) is 9.52. The second kappa shape index (κ2) is 5.67. The molecule has 0 radical (unpaired) electrons. The Morgan fingerprint density at radius 2 is 2.00 bits per heavy atom. The van der Waals surface area contributed by atoms with E-state index in [-0.39, 0.29) is 0 Å². The van der Waals surface area contributed by atoms with Gasteiger partial charge in [0.2, 0.25) is 0 Å². The van der Waals surface area contributed by atoms with Gasteiger partial charge in [0.15, 0.2) is 5.82 Å². The van der Waals surface area contributed by atoms with Gasteiger partial charge in [-0.25, -0.2) is 4.68 Å². The molecule has 4 nitrogen and oxygen atoms in total. The molecule has 0 saturated heterocycles. The quantitative estimate of drug-likeness (QED) is 0.630. The zero-order valence-electron chi connectivity index (χ0n) is 8.53. The molecule has 0 bridgehead atoms. The molecule has 0 atom stereocenters. The van der Waals surface area contributed by atoms with Crippen molar-refractivity contribution in [3.63, 3.8) is 0 Å². The summed E-state index contributed by atoms with van der Waals surface area (Å²) in [5.41, 5.74) is 0. The van der Waals surface area contributed by atoms with Gasteiger partial charge in [0.25, 0.3) is 0 Å². The van der Waals surface area contributed by atoms with Gasteiger partial charge in [0.05, 0.1) is 0 Å². The monoisotopic (exact) mass is 182 g/mol. The van der Waals surface area contributed by atoms with Gasteiger partial charge in [-0.15, -0.1) is 5.10 Å². The van der Waals surface area contributed by atoms with Gasteiger partial charge in [-0.3, -0.25) is 0 Å². The van der Waals surface area contributed by atoms with Gasteiger partial charge < -0.3 is 0 Å². The maximum absolute atomic E-state index is 3.99. The van der Waals surface area contributed by atoms with E-state index in [9.17, 15) is 0 Å². The van der Waals surface area contributed by atoms with Crippen LogP contribution in [0.2, 0.25) is 0 Å². The third-order valence-electron chi connectivity index (χ3n) is 2.16. The smallest absolute Gasteiger partial charge is 0.151 e. The Hall–Kier alpha value is -0.930. The molecule has 4 heteroatoms. The van der Waals surface area contributed by atoms with Crippen LogP contribution in [0.25, 0.3) is 0 Å². The third kappa shape index (κ3) is 3.13. The van der Waals surface area contributed by atoms with E-state index in [0.29, 0.717) is 0 Å². The minimum atomic E-state index is 0.871. The largest absolute Gasteiger partial charge is 0.230 e. The summed E-state index contributed by atoms with van der Waals surface area (Å²) >= 11 is 0. The number of tetrazole rings is 1.